The Kier molecular flexibility index (Phi) is 7.65. The monoisotopic (exact) mass is 727 g/mol. The number of halogens is 2. The van der Waals surface area contributed by atoms with E-state index in [-0.39, 0.29) is 11.2 Å². The van der Waals surface area contributed by atoms with Crippen LogP contribution in [-0.2, 0) is 13.0 Å². The van der Waals surface area contributed by atoms with Crippen molar-refractivity contribution >= 4 is 60.7 Å². The lowest BCUT2D eigenvalue weighted by atomic mass is 9.83. The number of nitro benzene ring substituents is 1. The van der Waals surface area contributed by atoms with E-state index in [0.29, 0.717) is 33.7 Å². The minimum absolute atomic E-state index is 0.00994. The third-order valence-corrected chi connectivity index (χ3v) is 9.98. The van der Waals surface area contributed by atoms with Gasteiger partial charge in [0.15, 0.2) is 4.80 Å². The average Bonchev–Trinajstić information content (AvgIpc) is 3.34. The molecule has 218 valence electrons. The molecule has 0 spiro atoms. The molecular weight excluding hydrogens is 706 g/mol. The summed E-state index contributed by atoms with van der Waals surface area (Å²) in [5.74, 6) is 0.671. The summed E-state index contributed by atoms with van der Waals surface area (Å²) >= 11 is 8.60. The third-order valence-electron chi connectivity index (χ3n) is 7.81. The van der Waals surface area contributed by atoms with Gasteiger partial charge in [0.1, 0.15) is 12.4 Å². The number of nitro groups is 1. The number of allylic oxidation sites excluding steroid dienone is 1. The van der Waals surface area contributed by atoms with Crippen LogP contribution in [0.4, 0.5) is 5.69 Å². The summed E-state index contributed by atoms with van der Waals surface area (Å²) in [5, 5.41) is 11.7. The molecule has 10 heteroatoms. The van der Waals surface area contributed by atoms with Gasteiger partial charge in [0.05, 0.1) is 30.1 Å². The van der Waals surface area contributed by atoms with Gasteiger partial charge >= 0.3 is 0 Å². The number of non-ortho nitro benzene ring substituents is 1. The molecule has 0 saturated carbocycles. The van der Waals surface area contributed by atoms with Gasteiger partial charge in [-0.3, -0.25) is 19.5 Å². The first-order valence-electron chi connectivity index (χ1n) is 13.9. The lowest BCUT2D eigenvalue weighted by Crippen LogP contribution is -2.38. The molecule has 0 bridgehead atoms. The Hall–Kier alpha value is -4.12. The fourth-order valence-corrected chi connectivity index (χ4v) is 8.26. The van der Waals surface area contributed by atoms with Crippen molar-refractivity contribution in [2.75, 3.05) is 0 Å². The molecule has 44 heavy (non-hydrogen) atoms. The first kappa shape index (κ1) is 28.6. The topological polar surface area (TPSA) is 86.7 Å². The van der Waals surface area contributed by atoms with Crippen LogP contribution in [-0.4, -0.2) is 9.49 Å². The minimum atomic E-state index is -0.496. The molecule has 0 radical (unpaired) electrons. The highest BCUT2D eigenvalue weighted by atomic mass is 79.9. The van der Waals surface area contributed by atoms with Crippen molar-refractivity contribution in [3.8, 4) is 5.75 Å². The molecule has 0 N–H and O–H groups in total. The van der Waals surface area contributed by atoms with Gasteiger partial charge in [0.2, 0.25) is 0 Å². The summed E-state index contributed by atoms with van der Waals surface area (Å²) in [4.78, 5) is 31.0. The van der Waals surface area contributed by atoms with Gasteiger partial charge in [-0.2, -0.15) is 0 Å². The molecule has 2 heterocycles. The maximum atomic E-state index is 14.1. The number of aryl methyl sites for hydroxylation is 1. The van der Waals surface area contributed by atoms with E-state index in [1.165, 1.54) is 23.0 Å². The van der Waals surface area contributed by atoms with E-state index < -0.39 is 11.0 Å². The third kappa shape index (κ3) is 5.27. The van der Waals surface area contributed by atoms with Crippen LogP contribution >= 0.6 is 43.2 Å². The Morgan fingerprint density at radius 3 is 2.50 bits per heavy atom. The minimum Gasteiger partial charge on any atom is -0.487 e. The normalized spacial score (nSPS) is 15.7. The Balaban J connectivity index is 1.34. The highest BCUT2D eigenvalue weighted by Crippen LogP contribution is 2.42. The number of thiazole rings is 1. The van der Waals surface area contributed by atoms with Crippen LogP contribution in [0.5, 0.6) is 5.75 Å². The van der Waals surface area contributed by atoms with Crippen LogP contribution in [0.1, 0.15) is 40.3 Å². The summed E-state index contributed by atoms with van der Waals surface area (Å²) in [6.07, 6.45) is 3.36. The quantitative estimate of drug-likeness (QED) is 0.135. The summed E-state index contributed by atoms with van der Waals surface area (Å²) in [5.41, 5.74) is 6.45. The van der Waals surface area contributed by atoms with Crippen molar-refractivity contribution < 1.29 is 9.66 Å². The molecule has 1 aliphatic heterocycles. The summed E-state index contributed by atoms with van der Waals surface area (Å²) in [6.45, 7) is 0.418. The van der Waals surface area contributed by atoms with Crippen molar-refractivity contribution in [3.63, 3.8) is 0 Å². The van der Waals surface area contributed by atoms with Crippen molar-refractivity contribution in [3.05, 3.63) is 163 Å². The Morgan fingerprint density at radius 1 is 0.977 bits per heavy atom. The highest BCUT2D eigenvalue weighted by molar-refractivity contribution is 9.11. The Bertz CT molecular complexity index is 2150. The number of nitrogens with zero attached hydrogens (tertiary/aromatic N) is 3. The molecule has 0 amide bonds. The number of hydrogen-bond donors (Lipinski definition) is 0. The van der Waals surface area contributed by atoms with Crippen LogP contribution in [0.15, 0.2) is 115 Å². The summed E-state index contributed by atoms with van der Waals surface area (Å²) < 4.78 is 9.80. The fourth-order valence-electron chi connectivity index (χ4n) is 5.81. The molecule has 7 rings (SSSR count). The van der Waals surface area contributed by atoms with Crippen LogP contribution < -0.4 is 19.6 Å². The molecule has 4 aromatic carbocycles. The van der Waals surface area contributed by atoms with Crippen LogP contribution in [0.3, 0.4) is 0 Å². The van der Waals surface area contributed by atoms with E-state index in [1.807, 2.05) is 66.7 Å². The lowest BCUT2D eigenvalue weighted by Gasteiger charge is -2.30. The van der Waals surface area contributed by atoms with Crippen LogP contribution in [0.2, 0.25) is 0 Å². The van der Waals surface area contributed by atoms with Gasteiger partial charge in [-0.25, -0.2) is 4.99 Å². The molecule has 1 aromatic heterocycles. The predicted octanol–water partition coefficient (Wildman–Crippen LogP) is 7.33. The molecular formula is C34H23Br2N3O4S. The van der Waals surface area contributed by atoms with Gasteiger partial charge in [-0.05, 0) is 90.7 Å². The molecule has 1 atom stereocenters. The van der Waals surface area contributed by atoms with E-state index >= 15 is 0 Å². The zero-order valence-electron chi connectivity index (χ0n) is 23.1. The van der Waals surface area contributed by atoms with Crippen LogP contribution in [0, 0.1) is 10.1 Å². The fraction of sp³-hybridized carbons (Fsp3) is 0.118. The average molecular weight is 729 g/mol. The maximum Gasteiger partial charge on any atom is 0.271 e. The standard InChI is InChI=1S/C34H23Br2N3O4S/c35-27-15-21(16-28(36)32(27)43-19-20-7-2-1-3-8-20)17-29-33(40)38-31(23-10-6-11-24(18-23)39(41)42)26-14-13-22-9-4-5-12-25(22)30(26)37-34(38)44-29/h1-12,15-18,31H,13-14,19H2/b29-17+/t31-/m0/s1. The Morgan fingerprint density at radius 2 is 1.73 bits per heavy atom. The van der Waals surface area contributed by atoms with E-state index in [1.54, 1.807) is 16.7 Å². The zero-order valence-corrected chi connectivity index (χ0v) is 27.1. The highest BCUT2D eigenvalue weighted by Gasteiger charge is 2.33. The maximum absolute atomic E-state index is 14.1. The van der Waals surface area contributed by atoms with Gasteiger partial charge in [-0.15, -0.1) is 0 Å². The van der Waals surface area contributed by atoms with E-state index in [0.717, 1.165) is 43.3 Å². The number of rotatable bonds is 6. The predicted molar refractivity (Wildman–Crippen MR) is 178 cm³/mol. The van der Waals surface area contributed by atoms with Gasteiger partial charge in [-0.1, -0.05) is 78.1 Å². The molecule has 0 unspecified atom stereocenters. The molecule has 2 aliphatic rings. The number of aromatic nitrogens is 1. The summed E-state index contributed by atoms with van der Waals surface area (Å²) in [6, 6.07) is 28.0. The van der Waals surface area contributed by atoms with Crippen molar-refractivity contribution in [1.82, 2.24) is 4.57 Å². The largest absolute Gasteiger partial charge is 0.487 e. The molecule has 5 aromatic rings. The second-order valence-electron chi connectivity index (χ2n) is 10.6. The summed E-state index contributed by atoms with van der Waals surface area (Å²) in [7, 11) is 0. The van der Waals surface area contributed by atoms with Gasteiger partial charge in [0.25, 0.3) is 11.2 Å². The van der Waals surface area contributed by atoms with Crippen molar-refractivity contribution in [2.45, 2.75) is 25.5 Å². The first-order chi connectivity index (χ1) is 21.4. The smallest absolute Gasteiger partial charge is 0.271 e. The van der Waals surface area contributed by atoms with Gasteiger partial charge < -0.3 is 4.74 Å². The first-order valence-corrected chi connectivity index (χ1v) is 16.3. The lowest BCUT2D eigenvalue weighted by molar-refractivity contribution is -0.384. The van der Waals surface area contributed by atoms with E-state index in [2.05, 4.69) is 44.0 Å². The second kappa shape index (κ2) is 11.8. The molecule has 1 aliphatic carbocycles. The molecule has 0 fully saturated rings. The van der Waals surface area contributed by atoms with E-state index in [9.17, 15) is 14.9 Å². The molecule has 7 nitrogen and oxygen atoms in total. The van der Waals surface area contributed by atoms with E-state index in [4.69, 9.17) is 9.73 Å². The van der Waals surface area contributed by atoms with Gasteiger partial charge in [0, 0.05) is 17.7 Å². The van der Waals surface area contributed by atoms with Crippen molar-refractivity contribution in [1.29, 1.82) is 0 Å². The van der Waals surface area contributed by atoms with Crippen LogP contribution in [0.25, 0.3) is 11.8 Å². The number of benzene rings is 4. The SMILES string of the molecule is O=c1/c(=C\c2cc(Br)c(OCc3ccccc3)c(Br)c2)sc2n1[C@@H](c1cccc([N+](=O)[O-])c1)C1=C(N=2)c2ccccc2CC1. The number of hydrogen-bond acceptors (Lipinski definition) is 6. The number of fused-ring (bicyclic) bond motifs is 3. The van der Waals surface area contributed by atoms with Crippen molar-refractivity contribution in [2.24, 2.45) is 4.99 Å². The molecule has 0 saturated heterocycles. The Labute approximate surface area is 272 Å². The second-order valence-corrected chi connectivity index (χ2v) is 13.3. The number of ether oxygens (including phenoxy) is 1. The zero-order chi connectivity index (χ0) is 30.4.